The lowest BCUT2D eigenvalue weighted by molar-refractivity contribution is -0.114. The van der Waals surface area contributed by atoms with Crippen molar-refractivity contribution in [3.8, 4) is 11.3 Å². The molecule has 0 fully saturated rings. The number of nitrogens with zero attached hydrogens (tertiary/aromatic N) is 3. The first-order valence-corrected chi connectivity index (χ1v) is 12.3. The molecular weight excluding hydrogens is 440 g/mol. The molecule has 3 N–H and O–H groups in total. The van der Waals surface area contributed by atoms with Crippen molar-refractivity contribution >= 4 is 44.3 Å². The van der Waals surface area contributed by atoms with E-state index in [1.807, 2.05) is 48.5 Å². The minimum atomic E-state index is -3.03. The molecule has 1 amide bonds. The monoisotopic (exact) mass is 464 g/mol. The first kappa shape index (κ1) is 22.3. The van der Waals surface area contributed by atoms with Gasteiger partial charge in [0.05, 0.1) is 23.2 Å². The topological polar surface area (TPSA) is 117 Å². The molecule has 0 bridgehead atoms. The summed E-state index contributed by atoms with van der Waals surface area (Å²) in [4.78, 5) is 15.7. The number of carbonyl (C=O) groups is 1. The SMILES string of the molecule is CC(=O)Nc1cccc(Nc2ncc3ccc(-c4cccc(NCCS(C)(=O)=O)c4)n3n2)c1. The fourth-order valence-electron chi connectivity index (χ4n) is 3.35. The Morgan fingerprint density at radius 1 is 1.00 bits per heavy atom. The molecule has 9 nitrogen and oxygen atoms in total. The van der Waals surface area contributed by atoms with E-state index in [0.29, 0.717) is 18.2 Å². The largest absolute Gasteiger partial charge is 0.384 e. The molecule has 0 radical (unpaired) electrons. The standard InChI is InChI=1S/C23H24N6O3S/c1-16(30)26-19-7-4-8-20(14-19)27-23-25-15-21-9-10-22(29(21)28-23)17-5-3-6-18(13-17)24-11-12-33(2,31)32/h3-10,13-15,24H,11-12H2,1-2H3,(H,26,30)(H,27,28). The van der Waals surface area contributed by atoms with E-state index in [0.717, 1.165) is 28.1 Å². The van der Waals surface area contributed by atoms with Gasteiger partial charge in [0.2, 0.25) is 11.9 Å². The zero-order valence-corrected chi connectivity index (χ0v) is 19.1. The van der Waals surface area contributed by atoms with E-state index in [1.165, 1.54) is 13.2 Å². The van der Waals surface area contributed by atoms with Crippen molar-refractivity contribution in [1.29, 1.82) is 0 Å². The first-order valence-electron chi connectivity index (χ1n) is 10.3. The van der Waals surface area contributed by atoms with Crippen LogP contribution in [0.5, 0.6) is 0 Å². The van der Waals surface area contributed by atoms with Gasteiger partial charge in [-0.2, -0.15) is 0 Å². The summed E-state index contributed by atoms with van der Waals surface area (Å²) in [5.41, 5.74) is 4.87. The number of nitrogens with one attached hydrogen (secondary N) is 3. The molecule has 0 saturated carbocycles. The van der Waals surface area contributed by atoms with Crippen molar-refractivity contribution in [2.45, 2.75) is 6.92 Å². The minimum Gasteiger partial charge on any atom is -0.384 e. The Morgan fingerprint density at radius 2 is 1.76 bits per heavy atom. The molecule has 2 aromatic carbocycles. The molecule has 4 rings (SSSR count). The molecule has 2 aromatic heterocycles. The van der Waals surface area contributed by atoms with Gasteiger partial charge in [-0.05, 0) is 42.5 Å². The highest BCUT2D eigenvalue weighted by molar-refractivity contribution is 7.90. The molecule has 2 heterocycles. The maximum absolute atomic E-state index is 11.4. The number of carbonyl (C=O) groups excluding carboxylic acids is 1. The van der Waals surface area contributed by atoms with E-state index < -0.39 is 9.84 Å². The predicted molar refractivity (Wildman–Crippen MR) is 131 cm³/mol. The summed E-state index contributed by atoms with van der Waals surface area (Å²) >= 11 is 0. The number of fused-ring (bicyclic) bond motifs is 1. The predicted octanol–water partition coefficient (Wildman–Crippen LogP) is 3.55. The van der Waals surface area contributed by atoms with Crippen LogP contribution >= 0.6 is 0 Å². The summed E-state index contributed by atoms with van der Waals surface area (Å²) in [6, 6.07) is 18.9. The molecule has 0 aliphatic rings. The Bertz CT molecular complexity index is 1410. The summed E-state index contributed by atoms with van der Waals surface area (Å²) in [5, 5.41) is 13.7. The van der Waals surface area contributed by atoms with Gasteiger partial charge in [-0.1, -0.05) is 18.2 Å². The summed E-state index contributed by atoms with van der Waals surface area (Å²) in [6.07, 6.45) is 2.95. The van der Waals surface area contributed by atoms with Crippen LogP contribution in [0, 0.1) is 0 Å². The number of anilines is 4. The molecule has 0 aliphatic carbocycles. The van der Waals surface area contributed by atoms with Gasteiger partial charge in [0.15, 0.2) is 0 Å². The van der Waals surface area contributed by atoms with E-state index >= 15 is 0 Å². The van der Waals surface area contributed by atoms with Gasteiger partial charge in [0.25, 0.3) is 0 Å². The molecule has 33 heavy (non-hydrogen) atoms. The first-order chi connectivity index (χ1) is 15.8. The van der Waals surface area contributed by atoms with Gasteiger partial charge >= 0.3 is 0 Å². The van der Waals surface area contributed by atoms with Crippen LogP contribution in [-0.4, -0.2) is 47.5 Å². The minimum absolute atomic E-state index is 0.0661. The Morgan fingerprint density at radius 3 is 2.55 bits per heavy atom. The molecule has 0 spiro atoms. The van der Waals surface area contributed by atoms with E-state index in [4.69, 9.17) is 0 Å². The maximum atomic E-state index is 11.4. The Labute approximate surface area is 191 Å². The van der Waals surface area contributed by atoms with Gasteiger partial charge in [-0.3, -0.25) is 4.79 Å². The highest BCUT2D eigenvalue weighted by atomic mass is 32.2. The van der Waals surface area contributed by atoms with Gasteiger partial charge in [-0.15, -0.1) is 5.10 Å². The van der Waals surface area contributed by atoms with Crippen molar-refractivity contribution in [2.24, 2.45) is 0 Å². The Balaban J connectivity index is 1.58. The van der Waals surface area contributed by atoms with Crippen molar-refractivity contribution in [3.63, 3.8) is 0 Å². The van der Waals surface area contributed by atoms with Gasteiger partial charge in [-0.25, -0.2) is 17.9 Å². The quantitative estimate of drug-likeness (QED) is 0.365. The second-order valence-electron chi connectivity index (χ2n) is 7.66. The molecule has 0 unspecified atom stereocenters. The molecular formula is C23H24N6O3S. The average Bonchev–Trinajstić information content (AvgIpc) is 3.16. The van der Waals surface area contributed by atoms with Crippen LogP contribution in [0.2, 0.25) is 0 Å². The second-order valence-corrected chi connectivity index (χ2v) is 9.92. The highest BCUT2D eigenvalue weighted by Crippen LogP contribution is 2.25. The lowest BCUT2D eigenvalue weighted by Crippen LogP contribution is -2.14. The van der Waals surface area contributed by atoms with Crippen LogP contribution in [0.25, 0.3) is 16.8 Å². The van der Waals surface area contributed by atoms with Crippen molar-refractivity contribution < 1.29 is 13.2 Å². The number of hydrogen-bond donors (Lipinski definition) is 3. The third-order valence-corrected chi connectivity index (χ3v) is 5.74. The zero-order valence-electron chi connectivity index (χ0n) is 18.2. The van der Waals surface area contributed by atoms with E-state index in [1.54, 1.807) is 22.8 Å². The molecule has 0 saturated heterocycles. The van der Waals surface area contributed by atoms with Crippen LogP contribution in [0.4, 0.5) is 23.0 Å². The lowest BCUT2D eigenvalue weighted by atomic mass is 10.1. The Hall–Kier alpha value is -3.92. The van der Waals surface area contributed by atoms with Gasteiger partial charge in [0, 0.05) is 42.3 Å². The molecule has 4 aromatic rings. The normalized spacial score (nSPS) is 11.3. The van der Waals surface area contributed by atoms with E-state index in [9.17, 15) is 13.2 Å². The summed E-state index contributed by atoms with van der Waals surface area (Å²) in [7, 11) is -3.03. The summed E-state index contributed by atoms with van der Waals surface area (Å²) < 4.78 is 24.5. The van der Waals surface area contributed by atoms with E-state index in [2.05, 4.69) is 26.0 Å². The summed E-state index contributed by atoms with van der Waals surface area (Å²) in [5.74, 6) is 0.327. The van der Waals surface area contributed by atoms with Crippen LogP contribution in [0.1, 0.15) is 6.92 Å². The zero-order chi connectivity index (χ0) is 23.4. The number of benzene rings is 2. The summed E-state index contributed by atoms with van der Waals surface area (Å²) in [6.45, 7) is 1.80. The fourth-order valence-corrected chi connectivity index (χ4v) is 3.83. The number of amides is 1. The molecule has 0 aliphatic heterocycles. The molecule has 170 valence electrons. The number of rotatable bonds is 8. The number of aromatic nitrogens is 3. The molecule has 10 heteroatoms. The van der Waals surface area contributed by atoms with Gasteiger partial charge in [0.1, 0.15) is 9.84 Å². The van der Waals surface area contributed by atoms with Crippen molar-refractivity contribution in [3.05, 3.63) is 66.9 Å². The third kappa shape index (κ3) is 5.86. The van der Waals surface area contributed by atoms with E-state index in [-0.39, 0.29) is 11.7 Å². The second kappa shape index (κ2) is 9.29. The third-order valence-electron chi connectivity index (χ3n) is 4.80. The fraction of sp³-hybridized carbons (Fsp3) is 0.174. The van der Waals surface area contributed by atoms with Crippen LogP contribution < -0.4 is 16.0 Å². The van der Waals surface area contributed by atoms with Crippen LogP contribution in [0.15, 0.2) is 66.9 Å². The average molecular weight is 465 g/mol. The Kier molecular flexibility index (Phi) is 6.27. The van der Waals surface area contributed by atoms with Gasteiger partial charge < -0.3 is 16.0 Å². The number of sulfone groups is 1. The highest BCUT2D eigenvalue weighted by Gasteiger charge is 2.09. The van der Waals surface area contributed by atoms with Crippen LogP contribution in [-0.2, 0) is 14.6 Å². The van der Waals surface area contributed by atoms with Crippen molar-refractivity contribution in [2.75, 3.05) is 34.5 Å². The molecule has 0 atom stereocenters. The number of hydrogen-bond acceptors (Lipinski definition) is 7. The maximum Gasteiger partial charge on any atom is 0.245 e. The smallest absolute Gasteiger partial charge is 0.245 e. The van der Waals surface area contributed by atoms with Crippen LogP contribution in [0.3, 0.4) is 0 Å². The lowest BCUT2D eigenvalue weighted by Gasteiger charge is -2.10. The van der Waals surface area contributed by atoms with Crippen molar-refractivity contribution in [1.82, 2.24) is 14.6 Å².